The van der Waals surface area contributed by atoms with E-state index >= 15 is 0 Å². The van der Waals surface area contributed by atoms with Gasteiger partial charge in [-0.3, -0.25) is 4.79 Å². The largest absolute Gasteiger partial charge is 0.298 e. The smallest absolute Gasteiger partial charge is 0.155 e. The number of hydrogen-bond acceptors (Lipinski definition) is 3. The number of hydrogen-bond donors (Lipinski definition) is 0. The predicted molar refractivity (Wildman–Crippen MR) is 72.1 cm³/mol. The van der Waals surface area contributed by atoms with Crippen LogP contribution in [0.2, 0.25) is 5.15 Å². The molecule has 2 aromatic rings. The molecule has 4 heteroatoms. The van der Waals surface area contributed by atoms with Crippen LogP contribution in [0, 0.1) is 20.8 Å². The lowest BCUT2D eigenvalue weighted by Crippen LogP contribution is -1.99. The summed E-state index contributed by atoms with van der Waals surface area (Å²) in [6.45, 7) is 5.82. The summed E-state index contributed by atoms with van der Waals surface area (Å²) in [4.78, 5) is 19.4. The number of aromatic nitrogens is 2. The fourth-order valence-electron chi connectivity index (χ4n) is 1.76. The first-order valence-electron chi connectivity index (χ1n) is 5.60. The zero-order valence-corrected chi connectivity index (χ0v) is 11.2. The van der Waals surface area contributed by atoms with Gasteiger partial charge in [0, 0.05) is 5.56 Å². The number of rotatable bonds is 2. The number of benzene rings is 1. The second kappa shape index (κ2) is 4.86. The molecule has 0 aliphatic rings. The van der Waals surface area contributed by atoms with Crippen LogP contribution in [0.4, 0.5) is 0 Å². The lowest BCUT2D eigenvalue weighted by atomic mass is 10.0. The summed E-state index contributed by atoms with van der Waals surface area (Å²) in [5.74, 6) is 0.554. The third-order valence-corrected chi connectivity index (χ3v) is 3.20. The van der Waals surface area contributed by atoms with Crippen molar-refractivity contribution in [1.82, 2.24) is 9.97 Å². The fourth-order valence-corrected chi connectivity index (χ4v) is 2.02. The summed E-state index contributed by atoms with van der Waals surface area (Å²) in [5, 5.41) is 0.200. The number of halogens is 1. The highest BCUT2D eigenvalue weighted by molar-refractivity contribution is 6.32. The molecule has 1 aromatic heterocycles. The average Bonchev–Trinajstić information content (AvgIpc) is 2.32. The van der Waals surface area contributed by atoms with Crippen molar-refractivity contribution in [2.24, 2.45) is 0 Å². The number of carbonyl (C=O) groups is 1. The second-order valence-electron chi connectivity index (χ2n) is 4.24. The van der Waals surface area contributed by atoms with Gasteiger partial charge in [0.05, 0.1) is 11.3 Å². The van der Waals surface area contributed by atoms with Gasteiger partial charge >= 0.3 is 0 Å². The van der Waals surface area contributed by atoms with Crippen LogP contribution in [0.5, 0.6) is 0 Å². The summed E-state index contributed by atoms with van der Waals surface area (Å²) < 4.78 is 0. The summed E-state index contributed by atoms with van der Waals surface area (Å²) in [6.07, 6.45) is 0.701. The Morgan fingerprint density at radius 2 is 1.83 bits per heavy atom. The Bertz CT molecular complexity index is 623. The first-order chi connectivity index (χ1) is 8.52. The number of carbonyl (C=O) groups excluding carboxylic acids is 1. The van der Waals surface area contributed by atoms with Gasteiger partial charge in [-0.15, -0.1) is 0 Å². The molecule has 0 radical (unpaired) electrons. The summed E-state index contributed by atoms with van der Waals surface area (Å²) in [7, 11) is 0. The molecule has 0 N–H and O–H groups in total. The van der Waals surface area contributed by atoms with E-state index in [1.807, 2.05) is 32.0 Å². The van der Waals surface area contributed by atoms with E-state index in [-0.39, 0.29) is 5.15 Å². The molecular weight excluding hydrogens is 248 g/mol. The minimum atomic E-state index is 0.200. The Morgan fingerprint density at radius 1 is 1.11 bits per heavy atom. The predicted octanol–water partition coefficient (Wildman–Crippen LogP) is 3.53. The lowest BCUT2D eigenvalue weighted by Gasteiger charge is -2.08. The summed E-state index contributed by atoms with van der Waals surface area (Å²) in [5.41, 5.74) is 4.16. The molecule has 0 bridgehead atoms. The van der Waals surface area contributed by atoms with Crippen LogP contribution in [0.15, 0.2) is 18.2 Å². The van der Waals surface area contributed by atoms with Gasteiger partial charge in [0.15, 0.2) is 6.29 Å². The molecule has 0 aliphatic heterocycles. The average molecular weight is 261 g/mol. The van der Waals surface area contributed by atoms with Crippen LogP contribution in [-0.4, -0.2) is 16.3 Å². The highest BCUT2D eigenvalue weighted by Crippen LogP contribution is 2.26. The van der Waals surface area contributed by atoms with Crippen molar-refractivity contribution in [3.05, 3.63) is 45.9 Å². The van der Waals surface area contributed by atoms with Crippen LogP contribution in [-0.2, 0) is 0 Å². The third-order valence-electron chi connectivity index (χ3n) is 2.91. The quantitative estimate of drug-likeness (QED) is 0.613. The van der Waals surface area contributed by atoms with Crippen molar-refractivity contribution in [3.63, 3.8) is 0 Å². The van der Waals surface area contributed by atoms with Crippen molar-refractivity contribution in [3.8, 4) is 11.3 Å². The van der Waals surface area contributed by atoms with E-state index in [1.165, 1.54) is 5.56 Å². The Morgan fingerprint density at radius 3 is 2.44 bits per heavy atom. The molecule has 0 spiro atoms. The Hall–Kier alpha value is -1.74. The molecule has 1 aromatic carbocycles. The van der Waals surface area contributed by atoms with Crippen molar-refractivity contribution in [1.29, 1.82) is 0 Å². The minimum Gasteiger partial charge on any atom is -0.298 e. The van der Waals surface area contributed by atoms with Crippen LogP contribution >= 0.6 is 11.6 Å². The van der Waals surface area contributed by atoms with Gasteiger partial charge in [-0.05, 0) is 38.0 Å². The van der Waals surface area contributed by atoms with E-state index in [4.69, 9.17) is 11.6 Å². The van der Waals surface area contributed by atoms with Gasteiger partial charge in [0.2, 0.25) is 0 Å². The number of nitrogens with zero attached hydrogens (tertiary/aromatic N) is 2. The highest BCUT2D eigenvalue weighted by Gasteiger charge is 2.13. The first-order valence-corrected chi connectivity index (χ1v) is 5.97. The van der Waals surface area contributed by atoms with E-state index in [9.17, 15) is 4.79 Å². The monoisotopic (exact) mass is 260 g/mol. The normalized spacial score (nSPS) is 10.4. The molecule has 18 heavy (non-hydrogen) atoms. The Kier molecular flexibility index (Phi) is 3.43. The molecule has 2 rings (SSSR count). The van der Waals surface area contributed by atoms with E-state index in [1.54, 1.807) is 6.92 Å². The van der Waals surface area contributed by atoms with Gasteiger partial charge in [-0.1, -0.05) is 23.7 Å². The molecule has 92 valence electrons. The van der Waals surface area contributed by atoms with Crippen LogP contribution in [0.3, 0.4) is 0 Å². The van der Waals surface area contributed by atoms with Crippen molar-refractivity contribution in [2.75, 3.05) is 0 Å². The molecule has 0 saturated carbocycles. The molecule has 0 aliphatic carbocycles. The lowest BCUT2D eigenvalue weighted by molar-refractivity contribution is 0.112. The molecule has 1 heterocycles. The molecule has 0 fully saturated rings. The van der Waals surface area contributed by atoms with Crippen molar-refractivity contribution >= 4 is 17.9 Å². The van der Waals surface area contributed by atoms with Gasteiger partial charge < -0.3 is 0 Å². The number of aryl methyl sites for hydroxylation is 3. The molecule has 0 unspecified atom stereocenters. The molecular formula is C14H13ClN2O. The Labute approximate surface area is 111 Å². The van der Waals surface area contributed by atoms with E-state index < -0.39 is 0 Å². The fraction of sp³-hybridized carbons (Fsp3) is 0.214. The van der Waals surface area contributed by atoms with Gasteiger partial charge in [-0.2, -0.15) is 0 Å². The minimum absolute atomic E-state index is 0.200. The van der Waals surface area contributed by atoms with E-state index in [2.05, 4.69) is 9.97 Å². The topological polar surface area (TPSA) is 42.9 Å². The SMILES string of the molecule is Cc1nc(Cl)c(C=O)c(-c2ccc(C)c(C)c2)n1. The van der Waals surface area contributed by atoms with Crippen molar-refractivity contribution in [2.45, 2.75) is 20.8 Å². The molecule has 0 saturated heterocycles. The van der Waals surface area contributed by atoms with Gasteiger partial charge in [-0.25, -0.2) is 9.97 Å². The van der Waals surface area contributed by atoms with Crippen LogP contribution in [0.25, 0.3) is 11.3 Å². The summed E-state index contributed by atoms with van der Waals surface area (Å²) in [6, 6.07) is 5.94. The standard InChI is InChI=1S/C14H13ClN2O/c1-8-4-5-11(6-9(8)2)13-12(7-18)14(15)17-10(3)16-13/h4-7H,1-3H3. The molecule has 0 atom stereocenters. The maximum Gasteiger partial charge on any atom is 0.155 e. The van der Waals surface area contributed by atoms with E-state index in [0.29, 0.717) is 23.4 Å². The first kappa shape index (κ1) is 12.7. The maximum absolute atomic E-state index is 11.1. The van der Waals surface area contributed by atoms with Crippen LogP contribution in [0.1, 0.15) is 27.3 Å². The number of aldehydes is 1. The zero-order chi connectivity index (χ0) is 13.3. The Balaban J connectivity index is 2.69. The van der Waals surface area contributed by atoms with Gasteiger partial charge in [0.25, 0.3) is 0 Å². The maximum atomic E-state index is 11.1. The third kappa shape index (κ3) is 2.27. The zero-order valence-electron chi connectivity index (χ0n) is 10.5. The van der Waals surface area contributed by atoms with Crippen molar-refractivity contribution < 1.29 is 4.79 Å². The van der Waals surface area contributed by atoms with Gasteiger partial charge in [0.1, 0.15) is 11.0 Å². The summed E-state index contributed by atoms with van der Waals surface area (Å²) >= 11 is 5.97. The van der Waals surface area contributed by atoms with Crippen LogP contribution < -0.4 is 0 Å². The molecule has 3 nitrogen and oxygen atoms in total. The second-order valence-corrected chi connectivity index (χ2v) is 4.60. The van der Waals surface area contributed by atoms with E-state index in [0.717, 1.165) is 11.1 Å². The molecule has 0 amide bonds. The highest BCUT2D eigenvalue weighted by atomic mass is 35.5.